The van der Waals surface area contributed by atoms with Crippen LogP contribution in [-0.4, -0.2) is 6.61 Å². The van der Waals surface area contributed by atoms with Crippen LogP contribution in [0.25, 0.3) is 0 Å². The van der Waals surface area contributed by atoms with Crippen LogP contribution < -0.4 is 4.74 Å². The van der Waals surface area contributed by atoms with Gasteiger partial charge in [0.05, 0.1) is 12.9 Å². The number of hydrogen-bond acceptors (Lipinski definition) is 1. The van der Waals surface area contributed by atoms with Crippen molar-refractivity contribution in [2.45, 2.75) is 77.0 Å². The minimum atomic E-state index is 0.703. The quantitative estimate of drug-likeness (QED) is 0.492. The topological polar surface area (TPSA) is 9.23 Å². The van der Waals surface area contributed by atoms with Gasteiger partial charge < -0.3 is 4.74 Å². The minimum Gasteiger partial charge on any atom is -0.494 e. The van der Waals surface area contributed by atoms with Gasteiger partial charge >= 0.3 is 0 Å². The van der Waals surface area contributed by atoms with Gasteiger partial charge in [-0.3, -0.25) is 0 Å². The smallest absolute Gasteiger partial charge is 0.119 e. The molecule has 0 amide bonds. The van der Waals surface area contributed by atoms with Gasteiger partial charge in [-0.15, -0.1) is 0 Å². The molecule has 2 fully saturated rings. The van der Waals surface area contributed by atoms with Crippen LogP contribution in [0, 0.1) is 17.8 Å². The lowest BCUT2D eigenvalue weighted by Crippen LogP contribution is -2.25. The highest BCUT2D eigenvalue weighted by Gasteiger charge is 2.31. The Bertz CT molecular complexity index is 534. The molecule has 2 heteroatoms. The Morgan fingerprint density at radius 3 is 2.12 bits per heavy atom. The fourth-order valence-corrected chi connectivity index (χ4v) is 5.27. The summed E-state index contributed by atoms with van der Waals surface area (Å²) in [5, 5.41) is 0. The molecular weight excluding hydrogens is 323 g/mol. The highest BCUT2D eigenvalue weighted by Crippen LogP contribution is 2.44. The van der Waals surface area contributed by atoms with E-state index >= 15 is 0 Å². The van der Waals surface area contributed by atoms with Crippen LogP contribution in [0.2, 0.25) is 0 Å². The molecule has 1 aromatic rings. The van der Waals surface area contributed by atoms with Crippen LogP contribution in [0.5, 0.6) is 5.75 Å². The largest absolute Gasteiger partial charge is 0.494 e. The van der Waals surface area contributed by atoms with Gasteiger partial charge in [-0.1, -0.05) is 31.1 Å². The lowest BCUT2D eigenvalue weighted by Gasteiger charge is -2.38. The van der Waals surface area contributed by atoms with Crippen LogP contribution in [0.15, 0.2) is 36.7 Å². The first-order valence-electron chi connectivity index (χ1n) is 10.8. The number of allylic oxidation sites excluding steroid dienone is 1. The third-order valence-electron chi connectivity index (χ3n) is 6.82. The molecule has 26 heavy (non-hydrogen) atoms. The van der Waals surface area contributed by atoms with E-state index in [1.807, 2.05) is 6.92 Å². The van der Waals surface area contributed by atoms with Crippen molar-refractivity contribution in [1.82, 2.24) is 0 Å². The van der Waals surface area contributed by atoms with Crippen molar-refractivity contribution in [3.05, 3.63) is 42.2 Å². The number of rotatable bonds is 7. The molecule has 0 bridgehead atoms. The predicted octanol–water partition coefficient (Wildman–Crippen LogP) is 7.43. The molecule has 3 rings (SSSR count). The van der Waals surface area contributed by atoms with Crippen molar-refractivity contribution in [1.29, 1.82) is 0 Å². The van der Waals surface area contributed by atoms with Crippen LogP contribution in [-0.2, 0) is 0 Å². The van der Waals surface area contributed by atoms with E-state index in [1.54, 1.807) is 6.08 Å². The average Bonchev–Trinajstić information content (AvgIpc) is 2.70. The van der Waals surface area contributed by atoms with Crippen LogP contribution in [0.4, 0.5) is 4.39 Å². The molecule has 2 aliphatic rings. The second-order valence-corrected chi connectivity index (χ2v) is 8.33. The number of hydrogen-bond donors (Lipinski definition) is 0. The van der Waals surface area contributed by atoms with Gasteiger partial charge in [0.25, 0.3) is 0 Å². The third kappa shape index (κ3) is 5.34. The summed E-state index contributed by atoms with van der Waals surface area (Å²) in [6, 6.07) is 8.80. The maximum atomic E-state index is 12.1. The van der Waals surface area contributed by atoms with E-state index in [1.165, 1.54) is 63.4 Å². The summed E-state index contributed by atoms with van der Waals surface area (Å²) in [4.78, 5) is 0. The molecule has 0 spiro atoms. The van der Waals surface area contributed by atoms with Gasteiger partial charge in [0.2, 0.25) is 0 Å². The van der Waals surface area contributed by atoms with E-state index < -0.39 is 0 Å². The lowest BCUT2D eigenvalue weighted by molar-refractivity contribution is 0.157. The van der Waals surface area contributed by atoms with Gasteiger partial charge in [-0.05, 0) is 99.7 Å². The SMILES string of the molecule is CCOc1ccc(C2CCC([C@H]3CC[C@H](CC/C=C/F)CC3)CC2)cc1. The minimum absolute atomic E-state index is 0.703. The highest BCUT2D eigenvalue weighted by atomic mass is 19.1. The van der Waals surface area contributed by atoms with E-state index in [0.717, 1.165) is 42.4 Å². The van der Waals surface area contributed by atoms with Crippen LogP contribution >= 0.6 is 0 Å². The zero-order chi connectivity index (χ0) is 18.2. The first kappa shape index (κ1) is 19.5. The summed E-state index contributed by atoms with van der Waals surface area (Å²) in [6.07, 6.45) is 15.5. The normalized spacial score (nSPS) is 29.8. The Morgan fingerprint density at radius 2 is 1.54 bits per heavy atom. The molecule has 0 aromatic heterocycles. The van der Waals surface area contributed by atoms with E-state index in [-0.39, 0.29) is 0 Å². The molecule has 0 atom stereocenters. The van der Waals surface area contributed by atoms with Gasteiger partial charge in [0, 0.05) is 0 Å². The van der Waals surface area contributed by atoms with Crippen LogP contribution in [0.1, 0.15) is 82.6 Å². The van der Waals surface area contributed by atoms with E-state index in [0.29, 0.717) is 6.33 Å². The Hall–Kier alpha value is -1.31. The molecule has 0 heterocycles. The second-order valence-electron chi connectivity index (χ2n) is 8.33. The van der Waals surface area contributed by atoms with Gasteiger partial charge in [-0.2, -0.15) is 0 Å². The van der Waals surface area contributed by atoms with Gasteiger partial charge in [0.1, 0.15) is 5.75 Å². The monoisotopic (exact) mass is 358 g/mol. The zero-order valence-corrected chi connectivity index (χ0v) is 16.3. The summed E-state index contributed by atoms with van der Waals surface area (Å²) in [5.41, 5.74) is 1.50. The third-order valence-corrected chi connectivity index (χ3v) is 6.82. The summed E-state index contributed by atoms with van der Waals surface area (Å²) >= 11 is 0. The first-order valence-corrected chi connectivity index (χ1v) is 10.8. The van der Waals surface area contributed by atoms with Crippen molar-refractivity contribution >= 4 is 0 Å². The van der Waals surface area contributed by atoms with Gasteiger partial charge in [0.15, 0.2) is 0 Å². The molecular formula is C24H35FO. The van der Waals surface area contributed by atoms with Crippen LogP contribution in [0.3, 0.4) is 0 Å². The maximum absolute atomic E-state index is 12.1. The molecule has 1 aromatic carbocycles. The molecule has 0 radical (unpaired) electrons. The van der Waals surface area contributed by atoms with Crippen molar-refractivity contribution in [2.75, 3.05) is 6.61 Å². The lowest BCUT2D eigenvalue weighted by atomic mass is 9.68. The Labute approximate surface area is 159 Å². The predicted molar refractivity (Wildman–Crippen MR) is 107 cm³/mol. The zero-order valence-electron chi connectivity index (χ0n) is 16.3. The Kier molecular flexibility index (Phi) is 7.58. The van der Waals surface area contributed by atoms with E-state index in [4.69, 9.17) is 4.74 Å². The van der Waals surface area contributed by atoms with Crippen molar-refractivity contribution in [3.8, 4) is 5.75 Å². The molecule has 0 N–H and O–H groups in total. The molecule has 1 nitrogen and oxygen atoms in total. The van der Waals surface area contributed by atoms with Crippen molar-refractivity contribution in [2.24, 2.45) is 17.8 Å². The summed E-state index contributed by atoms with van der Waals surface area (Å²) < 4.78 is 17.6. The summed E-state index contributed by atoms with van der Waals surface area (Å²) in [7, 11) is 0. The van der Waals surface area contributed by atoms with Crippen molar-refractivity contribution < 1.29 is 9.13 Å². The van der Waals surface area contributed by atoms with E-state index in [2.05, 4.69) is 24.3 Å². The standard InChI is InChI=1S/C24H35FO/c1-2-26-24-16-14-23(15-17-24)22-12-10-21(11-13-22)20-8-6-19(7-9-20)5-3-4-18-25/h4,14-22H,2-3,5-13H2,1H3/b18-4+/t19-,20-,21?,22?. The second kappa shape index (κ2) is 10.1. The highest BCUT2D eigenvalue weighted by molar-refractivity contribution is 5.29. The molecule has 144 valence electrons. The fourth-order valence-electron chi connectivity index (χ4n) is 5.27. The van der Waals surface area contributed by atoms with Crippen molar-refractivity contribution in [3.63, 3.8) is 0 Å². The summed E-state index contributed by atoms with van der Waals surface area (Å²) in [6.45, 7) is 2.77. The number of benzene rings is 1. The fraction of sp³-hybridized carbons (Fsp3) is 0.667. The van der Waals surface area contributed by atoms with E-state index in [9.17, 15) is 4.39 Å². The molecule has 2 saturated carbocycles. The molecule has 0 aliphatic heterocycles. The summed E-state index contributed by atoms with van der Waals surface area (Å²) in [5.74, 6) is 4.46. The van der Waals surface area contributed by atoms with Gasteiger partial charge in [-0.25, -0.2) is 4.39 Å². The Balaban J connectivity index is 1.41. The average molecular weight is 359 g/mol. The maximum Gasteiger partial charge on any atom is 0.119 e. The Morgan fingerprint density at radius 1 is 0.923 bits per heavy atom. The first-order chi connectivity index (χ1) is 12.8. The molecule has 0 unspecified atom stereocenters. The number of ether oxygens (including phenoxy) is 1. The number of halogens is 1. The molecule has 0 saturated heterocycles. The molecule has 2 aliphatic carbocycles.